The molecule has 7 nitrogen and oxygen atoms in total. The van der Waals surface area contributed by atoms with E-state index in [-0.39, 0.29) is 34.9 Å². The molecule has 0 radical (unpaired) electrons. The largest absolute Gasteiger partial charge is 0.679 e. The van der Waals surface area contributed by atoms with E-state index in [1.807, 2.05) is 115 Å². The van der Waals surface area contributed by atoms with Crippen LogP contribution < -0.4 is 9.47 Å². The number of halogens is 2. The summed E-state index contributed by atoms with van der Waals surface area (Å²) in [6.45, 7) is 0. The van der Waals surface area contributed by atoms with E-state index in [9.17, 15) is 9.59 Å². The third-order valence-electron chi connectivity index (χ3n) is 11.6. The Labute approximate surface area is 380 Å². The van der Waals surface area contributed by atoms with E-state index in [1.165, 1.54) is 0 Å². The first-order valence-electron chi connectivity index (χ1n) is 21.4. The summed E-state index contributed by atoms with van der Waals surface area (Å²) in [7, 11) is -2.99. The number of carbonyl (C=O) groups is 2. The van der Waals surface area contributed by atoms with Crippen molar-refractivity contribution in [3.05, 3.63) is 252 Å². The van der Waals surface area contributed by atoms with Crippen LogP contribution in [0.15, 0.2) is 228 Å². The molecule has 0 spiro atoms. The van der Waals surface area contributed by atoms with Crippen molar-refractivity contribution < 1.29 is 27.7 Å². The maximum absolute atomic E-state index is 15.5. The van der Waals surface area contributed by atoms with E-state index in [2.05, 4.69) is 24.3 Å². The van der Waals surface area contributed by atoms with E-state index in [1.54, 1.807) is 78.9 Å². The zero-order valence-electron chi connectivity index (χ0n) is 35.2. The lowest BCUT2D eigenvalue weighted by atomic mass is 10.00. The third kappa shape index (κ3) is 8.72. The Hall–Kier alpha value is -8.50. The maximum atomic E-state index is 15.5. The van der Waals surface area contributed by atoms with Gasteiger partial charge in [-0.05, 0) is 113 Å². The van der Waals surface area contributed by atoms with E-state index in [0.717, 1.165) is 21.2 Å². The van der Waals surface area contributed by atoms with Crippen LogP contribution in [0, 0.1) is 0 Å². The predicted molar refractivity (Wildman–Crippen MR) is 258 cm³/mol. The second-order valence-electron chi connectivity index (χ2n) is 15.8. The number of allylic oxidation sites excluding steroid dienone is 9. The highest BCUT2D eigenvalue weighted by Crippen LogP contribution is 2.41. The fourth-order valence-corrected chi connectivity index (χ4v) is 8.16. The Morgan fingerprint density at radius 2 is 1.02 bits per heavy atom. The molecular formula is C56H38BF2N3O4. The summed E-state index contributed by atoms with van der Waals surface area (Å²) in [6.07, 6.45) is 18.2. The normalized spacial score (nSPS) is 14.8. The van der Waals surface area contributed by atoms with E-state index in [4.69, 9.17) is 19.5 Å². The summed E-state index contributed by atoms with van der Waals surface area (Å²) in [5.41, 5.74) is 7.52. The summed E-state index contributed by atoms with van der Waals surface area (Å²) in [5.74, 6) is 0.243. The van der Waals surface area contributed by atoms with Crippen molar-refractivity contribution in [1.82, 2.24) is 4.48 Å². The molecule has 2 aliphatic carbocycles. The number of aromatic nitrogens is 1. The summed E-state index contributed by atoms with van der Waals surface area (Å²) in [6, 6.07) is 48.5. The number of hydrogen-bond donors (Lipinski definition) is 0. The summed E-state index contributed by atoms with van der Waals surface area (Å²) < 4.78 is 43.4. The predicted octanol–water partition coefficient (Wildman–Crippen LogP) is 13.1. The quantitative estimate of drug-likeness (QED) is 0.0696. The molecule has 10 rings (SSSR count). The van der Waals surface area contributed by atoms with Crippen LogP contribution in [0.25, 0.3) is 28.0 Å². The molecule has 0 amide bonds. The molecule has 1 aromatic heterocycles. The Bertz CT molecular complexity index is 3140. The number of rotatable bonds is 12. The number of ether oxygens (including phenoxy) is 2. The van der Waals surface area contributed by atoms with Gasteiger partial charge in [0.15, 0.2) is 5.84 Å². The van der Waals surface area contributed by atoms with Gasteiger partial charge in [0.25, 0.3) is 0 Å². The van der Waals surface area contributed by atoms with Gasteiger partial charge in [0.2, 0.25) is 0 Å². The number of hydrogen-bond acceptors (Lipinski definition) is 5. The van der Waals surface area contributed by atoms with Crippen LogP contribution in [0.5, 0.6) is 11.5 Å². The lowest BCUT2D eigenvalue weighted by Gasteiger charge is -2.11. The topological polar surface area (TPSA) is 82.2 Å². The average molecular weight is 866 g/mol. The fourth-order valence-electron chi connectivity index (χ4n) is 8.16. The first-order chi connectivity index (χ1) is 32.3. The second kappa shape index (κ2) is 18.3. The first kappa shape index (κ1) is 41.5. The molecule has 66 heavy (non-hydrogen) atoms. The van der Waals surface area contributed by atoms with Crippen molar-refractivity contribution in [1.29, 1.82) is 0 Å². The minimum absolute atomic E-state index is 0.0158. The van der Waals surface area contributed by atoms with E-state index < -0.39 is 19.3 Å². The number of amidine groups is 1. The van der Waals surface area contributed by atoms with Crippen LogP contribution >= 0.6 is 0 Å². The van der Waals surface area contributed by atoms with Gasteiger partial charge in [-0.2, -0.15) is 0 Å². The van der Waals surface area contributed by atoms with Gasteiger partial charge >= 0.3 is 19.3 Å². The minimum Gasteiger partial charge on any atom is -0.423 e. The van der Waals surface area contributed by atoms with Crippen LogP contribution in [0.3, 0.4) is 0 Å². The Balaban J connectivity index is 0.949. The monoisotopic (exact) mass is 865 g/mol. The highest BCUT2D eigenvalue weighted by molar-refractivity contribution is 6.43. The van der Waals surface area contributed by atoms with Gasteiger partial charge in [-0.1, -0.05) is 134 Å². The first-order valence-corrected chi connectivity index (χ1v) is 21.4. The number of nitrogens with zero attached hydrogens (tertiary/aromatic N) is 3. The van der Waals surface area contributed by atoms with Crippen molar-refractivity contribution in [2.45, 2.75) is 11.8 Å². The second-order valence-corrected chi connectivity index (χ2v) is 15.8. The van der Waals surface area contributed by atoms with Crippen LogP contribution in [0.4, 0.5) is 14.4 Å². The van der Waals surface area contributed by atoms with Crippen LogP contribution in [-0.2, 0) is 0 Å². The Morgan fingerprint density at radius 3 is 1.50 bits per heavy atom. The average Bonchev–Trinajstić information content (AvgIpc) is 4.22. The molecule has 0 saturated carbocycles. The molecule has 318 valence electrons. The van der Waals surface area contributed by atoms with Crippen LogP contribution in [0.1, 0.15) is 54.8 Å². The fraction of sp³-hybridized carbons (Fsp3) is 0.0357. The van der Waals surface area contributed by atoms with E-state index >= 15 is 8.63 Å². The van der Waals surface area contributed by atoms with Gasteiger partial charge in [-0.3, -0.25) is 8.63 Å². The van der Waals surface area contributed by atoms with Crippen molar-refractivity contribution in [3.63, 3.8) is 0 Å². The van der Waals surface area contributed by atoms with Crippen LogP contribution in [-0.4, -0.2) is 35.4 Å². The molecule has 6 aromatic carbocycles. The number of benzene rings is 6. The molecule has 10 heteroatoms. The standard InChI is InChI=1S/C56H38BF2N3O4/c58-57(59)62-52(44-29-33-48(34-30-44)66-56(64)46-25-21-40(22-26-46)38-13-9-10-14-38)36-50(42-17-5-2-6-18-42)54(62)61-53-49(41-15-3-1-4-16-41)35-51(60-53)43-27-31-47(32-28-43)65-55(63)45-23-19-39(20-24-45)37-11-7-8-12-37/h1-38H/b61-53-. The van der Waals surface area contributed by atoms with Crippen molar-refractivity contribution in [2.24, 2.45) is 9.98 Å². The molecule has 1 aliphatic heterocycles. The number of aliphatic imine (C=N–C) groups is 2. The van der Waals surface area contributed by atoms with Crippen LogP contribution in [0.2, 0.25) is 0 Å². The SMILES string of the molecule is O=C(Oc1ccc(C2=N/C(=N\c3c(-c4ccccc4)cc(-c4ccc(OC(=O)c5ccc(C6C=CC=C6)cc5)cc4)n3B(F)F)C(c3ccccc3)=C2)cc1)c1ccc(C2C=CC=C2)cc1. The van der Waals surface area contributed by atoms with Crippen molar-refractivity contribution >= 4 is 42.3 Å². The van der Waals surface area contributed by atoms with Crippen molar-refractivity contribution in [2.75, 3.05) is 0 Å². The molecule has 2 heterocycles. The Morgan fingerprint density at radius 1 is 0.545 bits per heavy atom. The molecule has 3 aliphatic rings. The van der Waals surface area contributed by atoms with Crippen molar-refractivity contribution in [3.8, 4) is 33.9 Å². The molecular weight excluding hydrogens is 827 g/mol. The minimum atomic E-state index is -2.99. The third-order valence-corrected chi connectivity index (χ3v) is 11.6. The smallest absolute Gasteiger partial charge is 0.423 e. The molecule has 0 atom stereocenters. The highest BCUT2D eigenvalue weighted by atomic mass is 19.2. The highest BCUT2D eigenvalue weighted by Gasteiger charge is 2.30. The molecule has 0 N–H and O–H groups in total. The van der Waals surface area contributed by atoms with Gasteiger partial charge in [-0.25, -0.2) is 19.6 Å². The summed E-state index contributed by atoms with van der Waals surface area (Å²) >= 11 is 0. The van der Waals surface area contributed by atoms with Gasteiger partial charge in [0, 0.05) is 34.2 Å². The number of esters is 2. The van der Waals surface area contributed by atoms with Gasteiger partial charge in [-0.15, -0.1) is 0 Å². The van der Waals surface area contributed by atoms with Gasteiger partial charge < -0.3 is 14.0 Å². The number of carbonyl (C=O) groups excluding carboxylic acids is 2. The van der Waals surface area contributed by atoms with Gasteiger partial charge in [0.1, 0.15) is 17.3 Å². The molecule has 0 saturated heterocycles. The lowest BCUT2D eigenvalue weighted by Crippen LogP contribution is -2.14. The molecule has 0 fully saturated rings. The molecule has 7 aromatic rings. The summed E-state index contributed by atoms with van der Waals surface area (Å²) in [5, 5.41) is 0. The molecule has 0 unspecified atom stereocenters. The zero-order chi connectivity index (χ0) is 45.0. The maximum Gasteiger partial charge on any atom is 0.679 e. The molecule has 0 bridgehead atoms. The van der Waals surface area contributed by atoms with E-state index in [0.29, 0.717) is 50.4 Å². The lowest BCUT2D eigenvalue weighted by molar-refractivity contribution is 0.0725. The summed E-state index contributed by atoms with van der Waals surface area (Å²) in [4.78, 5) is 36.1. The van der Waals surface area contributed by atoms with Gasteiger partial charge in [0.05, 0.1) is 16.8 Å². The Kier molecular flexibility index (Phi) is 11.5. The zero-order valence-corrected chi connectivity index (χ0v) is 35.2.